The molecule has 0 unspecified atom stereocenters. The molecule has 0 aliphatic carbocycles. The quantitative estimate of drug-likeness (QED) is 0.681. The summed E-state index contributed by atoms with van der Waals surface area (Å²) in [6, 6.07) is 17.0. The lowest BCUT2D eigenvalue weighted by molar-refractivity contribution is 0.250. The van der Waals surface area contributed by atoms with Crippen LogP contribution in [0.2, 0.25) is 0 Å². The number of aryl methyl sites for hydroxylation is 1. The fraction of sp³-hybridized carbons (Fsp3) is 0.105. The number of carbonyl (C=O) groups is 1. The van der Waals surface area contributed by atoms with Gasteiger partial charge in [-0.15, -0.1) is 11.3 Å². The molecule has 3 nitrogen and oxygen atoms in total. The van der Waals surface area contributed by atoms with E-state index in [-0.39, 0.29) is 17.9 Å². The SMILES string of the molecule is Cc1ccc(NC(=O)N[C@@H](c2ccc(F)cc2)c2cccs2)cc1. The number of carbonyl (C=O) groups excluding carboxylic acids is 1. The van der Waals surface area contributed by atoms with Crippen molar-refractivity contribution in [2.24, 2.45) is 0 Å². The summed E-state index contributed by atoms with van der Waals surface area (Å²) in [5.41, 5.74) is 2.68. The number of benzene rings is 2. The van der Waals surface area contributed by atoms with E-state index < -0.39 is 0 Å². The number of hydrogen-bond acceptors (Lipinski definition) is 2. The van der Waals surface area contributed by atoms with Crippen LogP contribution in [0.5, 0.6) is 0 Å². The molecule has 3 rings (SSSR count). The molecule has 1 heterocycles. The summed E-state index contributed by atoms with van der Waals surface area (Å²) in [5, 5.41) is 7.73. The number of halogens is 1. The van der Waals surface area contributed by atoms with Crippen LogP contribution in [0.15, 0.2) is 66.0 Å². The van der Waals surface area contributed by atoms with E-state index in [1.165, 1.54) is 12.1 Å². The molecule has 2 amide bonds. The first-order chi connectivity index (χ1) is 11.6. The van der Waals surface area contributed by atoms with Crippen molar-refractivity contribution in [2.75, 3.05) is 5.32 Å². The van der Waals surface area contributed by atoms with Crippen LogP contribution in [-0.4, -0.2) is 6.03 Å². The van der Waals surface area contributed by atoms with Crippen LogP contribution in [-0.2, 0) is 0 Å². The van der Waals surface area contributed by atoms with E-state index >= 15 is 0 Å². The molecule has 0 bridgehead atoms. The average molecular weight is 340 g/mol. The normalized spacial score (nSPS) is 11.8. The fourth-order valence-corrected chi connectivity index (χ4v) is 3.17. The minimum Gasteiger partial charge on any atom is -0.326 e. The number of nitrogens with one attached hydrogen (secondary N) is 2. The van der Waals surface area contributed by atoms with Crippen molar-refractivity contribution in [1.29, 1.82) is 0 Å². The summed E-state index contributed by atoms with van der Waals surface area (Å²) >= 11 is 1.54. The van der Waals surface area contributed by atoms with E-state index in [1.54, 1.807) is 23.5 Å². The van der Waals surface area contributed by atoms with Gasteiger partial charge >= 0.3 is 6.03 Å². The highest BCUT2D eigenvalue weighted by Crippen LogP contribution is 2.26. The molecule has 0 radical (unpaired) electrons. The van der Waals surface area contributed by atoms with Gasteiger partial charge in [0.1, 0.15) is 5.82 Å². The predicted octanol–water partition coefficient (Wildman–Crippen LogP) is 5.11. The molecule has 2 aromatic carbocycles. The molecule has 1 atom stereocenters. The van der Waals surface area contributed by atoms with E-state index in [0.717, 1.165) is 21.7 Å². The molecule has 122 valence electrons. The van der Waals surface area contributed by atoms with E-state index in [4.69, 9.17) is 0 Å². The minimum absolute atomic E-state index is 0.298. The Morgan fingerprint density at radius 2 is 1.75 bits per heavy atom. The van der Waals surface area contributed by atoms with E-state index in [2.05, 4.69) is 10.6 Å². The van der Waals surface area contributed by atoms with Crippen LogP contribution in [0.4, 0.5) is 14.9 Å². The zero-order valence-corrected chi connectivity index (χ0v) is 13.9. The monoisotopic (exact) mass is 340 g/mol. The number of hydrogen-bond donors (Lipinski definition) is 2. The van der Waals surface area contributed by atoms with Crippen LogP contribution in [0.3, 0.4) is 0 Å². The van der Waals surface area contributed by atoms with Gasteiger partial charge in [-0.05, 0) is 48.2 Å². The standard InChI is InChI=1S/C19H17FN2OS/c1-13-4-10-16(11-5-13)21-19(23)22-18(17-3-2-12-24-17)14-6-8-15(20)9-7-14/h2-12,18H,1H3,(H2,21,22,23)/t18-/m0/s1. The molecular formula is C19H17FN2OS. The molecule has 0 saturated carbocycles. The highest BCUT2D eigenvalue weighted by Gasteiger charge is 2.18. The molecule has 0 saturated heterocycles. The zero-order chi connectivity index (χ0) is 16.9. The number of thiophene rings is 1. The molecule has 3 aromatic rings. The molecular weight excluding hydrogens is 323 g/mol. The second kappa shape index (κ2) is 7.27. The highest BCUT2D eigenvalue weighted by molar-refractivity contribution is 7.10. The number of amides is 2. The third kappa shape index (κ3) is 4.00. The van der Waals surface area contributed by atoms with Gasteiger partial charge in [0.25, 0.3) is 0 Å². The van der Waals surface area contributed by atoms with Crippen LogP contribution >= 0.6 is 11.3 Å². The predicted molar refractivity (Wildman–Crippen MR) is 95.9 cm³/mol. The lowest BCUT2D eigenvalue weighted by atomic mass is 10.1. The van der Waals surface area contributed by atoms with Gasteiger partial charge in [-0.1, -0.05) is 35.9 Å². The summed E-state index contributed by atoms with van der Waals surface area (Å²) in [4.78, 5) is 13.3. The molecule has 2 N–H and O–H groups in total. The van der Waals surface area contributed by atoms with Gasteiger partial charge < -0.3 is 10.6 Å². The van der Waals surface area contributed by atoms with Crippen LogP contribution in [0.25, 0.3) is 0 Å². The van der Waals surface area contributed by atoms with Gasteiger partial charge in [0.05, 0.1) is 6.04 Å². The second-order valence-electron chi connectivity index (χ2n) is 5.46. The van der Waals surface area contributed by atoms with Gasteiger partial charge in [0, 0.05) is 10.6 Å². The third-order valence-corrected chi connectivity index (χ3v) is 4.55. The summed E-state index contributed by atoms with van der Waals surface area (Å²) in [6.45, 7) is 1.99. The van der Waals surface area contributed by atoms with E-state index in [0.29, 0.717) is 0 Å². The van der Waals surface area contributed by atoms with Crippen molar-refractivity contribution < 1.29 is 9.18 Å². The maximum absolute atomic E-state index is 13.2. The molecule has 0 aliphatic heterocycles. The van der Waals surface area contributed by atoms with Crippen molar-refractivity contribution in [3.8, 4) is 0 Å². The summed E-state index contributed by atoms with van der Waals surface area (Å²) in [7, 11) is 0. The molecule has 24 heavy (non-hydrogen) atoms. The van der Waals surface area contributed by atoms with Gasteiger partial charge in [-0.3, -0.25) is 0 Å². The van der Waals surface area contributed by atoms with E-state index in [9.17, 15) is 9.18 Å². The molecule has 0 aliphatic rings. The number of rotatable bonds is 4. The van der Waals surface area contributed by atoms with Crippen molar-refractivity contribution >= 4 is 23.1 Å². The largest absolute Gasteiger partial charge is 0.326 e. The Hall–Kier alpha value is -2.66. The number of anilines is 1. The van der Waals surface area contributed by atoms with Crippen LogP contribution in [0, 0.1) is 12.7 Å². The second-order valence-corrected chi connectivity index (χ2v) is 6.44. The fourth-order valence-electron chi connectivity index (χ4n) is 2.36. The summed E-state index contributed by atoms with van der Waals surface area (Å²) in [5.74, 6) is -0.298. The maximum atomic E-state index is 13.2. The van der Waals surface area contributed by atoms with Gasteiger partial charge in [-0.2, -0.15) is 0 Å². The molecule has 0 spiro atoms. The topological polar surface area (TPSA) is 41.1 Å². The highest BCUT2D eigenvalue weighted by atomic mass is 32.1. The zero-order valence-electron chi connectivity index (χ0n) is 13.1. The summed E-state index contributed by atoms with van der Waals surface area (Å²) in [6.07, 6.45) is 0. The Morgan fingerprint density at radius 3 is 2.38 bits per heavy atom. The Balaban J connectivity index is 1.77. The van der Waals surface area contributed by atoms with Gasteiger partial charge in [0.2, 0.25) is 0 Å². The number of urea groups is 1. The Bertz CT molecular complexity index is 798. The lowest BCUT2D eigenvalue weighted by Gasteiger charge is -2.18. The maximum Gasteiger partial charge on any atom is 0.320 e. The minimum atomic E-state index is -0.323. The Kier molecular flexibility index (Phi) is 4.91. The van der Waals surface area contributed by atoms with Gasteiger partial charge in [0.15, 0.2) is 0 Å². The third-order valence-electron chi connectivity index (χ3n) is 3.62. The first-order valence-electron chi connectivity index (χ1n) is 7.55. The molecule has 1 aromatic heterocycles. The first-order valence-corrected chi connectivity index (χ1v) is 8.43. The smallest absolute Gasteiger partial charge is 0.320 e. The Labute approximate surface area is 144 Å². The molecule has 0 fully saturated rings. The van der Waals surface area contributed by atoms with E-state index in [1.807, 2.05) is 48.7 Å². The van der Waals surface area contributed by atoms with Crippen molar-refractivity contribution in [3.05, 3.63) is 87.9 Å². The van der Waals surface area contributed by atoms with Crippen molar-refractivity contribution in [3.63, 3.8) is 0 Å². The lowest BCUT2D eigenvalue weighted by Crippen LogP contribution is -2.32. The van der Waals surface area contributed by atoms with Gasteiger partial charge in [-0.25, -0.2) is 9.18 Å². The van der Waals surface area contributed by atoms with Crippen LogP contribution < -0.4 is 10.6 Å². The summed E-state index contributed by atoms with van der Waals surface area (Å²) < 4.78 is 13.2. The van der Waals surface area contributed by atoms with Crippen molar-refractivity contribution in [1.82, 2.24) is 5.32 Å². The average Bonchev–Trinajstić information content (AvgIpc) is 3.10. The molecule has 5 heteroatoms. The Morgan fingerprint density at radius 1 is 1.04 bits per heavy atom. The first kappa shape index (κ1) is 16.2. The van der Waals surface area contributed by atoms with Crippen LogP contribution in [0.1, 0.15) is 22.0 Å². The van der Waals surface area contributed by atoms with Crippen molar-refractivity contribution in [2.45, 2.75) is 13.0 Å².